The number of nitrogens with zero attached hydrogens (tertiary/aromatic N) is 1. The van der Waals surface area contributed by atoms with Gasteiger partial charge in [0.05, 0.1) is 6.10 Å². The van der Waals surface area contributed by atoms with E-state index in [1.807, 2.05) is 0 Å². The molecule has 2 rings (SSSR count). The third-order valence-electron chi connectivity index (χ3n) is 4.94. The van der Waals surface area contributed by atoms with E-state index < -0.39 is 0 Å². The highest BCUT2D eigenvalue weighted by molar-refractivity contribution is 4.88. The normalized spacial score (nSPS) is 25.6. The Balaban J connectivity index is 1.81. The van der Waals surface area contributed by atoms with Crippen molar-refractivity contribution in [2.75, 3.05) is 39.3 Å². The van der Waals surface area contributed by atoms with Gasteiger partial charge < -0.3 is 15.0 Å². The molecule has 1 N–H and O–H groups in total. The van der Waals surface area contributed by atoms with Crippen LogP contribution in [0.3, 0.4) is 0 Å². The molecular formula is C16H32N2O. The lowest BCUT2D eigenvalue weighted by Crippen LogP contribution is -2.47. The summed E-state index contributed by atoms with van der Waals surface area (Å²) < 4.78 is 5.76. The maximum absolute atomic E-state index is 5.76. The van der Waals surface area contributed by atoms with Gasteiger partial charge in [0.2, 0.25) is 0 Å². The first-order valence-corrected chi connectivity index (χ1v) is 8.33. The van der Waals surface area contributed by atoms with Crippen LogP contribution in [0.5, 0.6) is 0 Å². The van der Waals surface area contributed by atoms with Gasteiger partial charge in [-0.25, -0.2) is 0 Å². The van der Waals surface area contributed by atoms with Crippen molar-refractivity contribution >= 4 is 0 Å². The smallest absolute Gasteiger partial charge is 0.0599 e. The van der Waals surface area contributed by atoms with Crippen LogP contribution >= 0.6 is 0 Å². The molecule has 2 fully saturated rings. The molecule has 0 atom stereocenters. The van der Waals surface area contributed by atoms with Crippen molar-refractivity contribution in [3.05, 3.63) is 0 Å². The molecule has 0 aromatic rings. The monoisotopic (exact) mass is 268 g/mol. The van der Waals surface area contributed by atoms with Crippen molar-refractivity contribution in [1.29, 1.82) is 0 Å². The van der Waals surface area contributed by atoms with Crippen LogP contribution in [0.1, 0.15) is 52.4 Å². The van der Waals surface area contributed by atoms with E-state index in [-0.39, 0.29) is 0 Å². The van der Waals surface area contributed by atoms with Crippen LogP contribution in [0.25, 0.3) is 0 Å². The Morgan fingerprint density at radius 1 is 1.16 bits per heavy atom. The Kier molecular flexibility index (Phi) is 6.11. The molecule has 0 spiro atoms. The largest absolute Gasteiger partial charge is 0.378 e. The van der Waals surface area contributed by atoms with Crippen LogP contribution in [0.15, 0.2) is 0 Å². The number of hydrogen-bond acceptors (Lipinski definition) is 3. The Morgan fingerprint density at radius 3 is 2.42 bits per heavy atom. The van der Waals surface area contributed by atoms with E-state index in [9.17, 15) is 0 Å². The molecule has 2 aliphatic rings. The third kappa shape index (κ3) is 4.44. The summed E-state index contributed by atoms with van der Waals surface area (Å²) in [7, 11) is 0. The van der Waals surface area contributed by atoms with E-state index in [1.54, 1.807) is 0 Å². The quantitative estimate of drug-likeness (QED) is 0.801. The van der Waals surface area contributed by atoms with E-state index in [0.29, 0.717) is 11.5 Å². The van der Waals surface area contributed by atoms with E-state index >= 15 is 0 Å². The lowest BCUT2D eigenvalue weighted by atomic mass is 9.74. The minimum atomic E-state index is 0.524. The molecule has 0 saturated carbocycles. The van der Waals surface area contributed by atoms with Crippen molar-refractivity contribution in [1.82, 2.24) is 10.2 Å². The van der Waals surface area contributed by atoms with Gasteiger partial charge in [-0.15, -0.1) is 0 Å². The topological polar surface area (TPSA) is 24.5 Å². The SMILES string of the molecule is CCCC1(CN2CCC(OCC)CC2)CCNCC1. The Morgan fingerprint density at radius 2 is 1.84 bits per heavy atom. The molecule has 0 bridgehead atoms. The van der Waals surface area contributed by atoms with Crippen molar-refractivity contribution in [2.45, 2.75) is 58.5 Å². The zero-order valence-electron chi connectivity index (χ0n) is 12.9. The average molecular weight is 268 g/mol. The predicted octanol–water partition coefficient (Wildman–Crippen LogP) is 2.66. The molecule has 2 aliphatic heterocycles. The molecule has 3 heteroatoms. The Bertz CT molecular complexity index is 238. The fourth-order valence-electron chi connectivity index (χ4n) is 3.92. The first kappa shape index (κ1) is 15.3. The van der Waals surface area contributed by atoms with Gasteiger partial charge in [0.15, 0.2) is 0 Å². The van der Waals surface area contributed by atoms with Crippen LogP contribution in [0.2, 0.25) is 0 Å². The zero-order chi connectivity index (χ0) is 13.6. The lowest BCUT2D eigenvalue weighted by molar-refractivity contribution is -0.00123. The first-order chi connectivity index (χ1) is 9.28. The lowest BCUT2D eigenvalue weighted by Gasteiger charge is -2.43. The van der Waals surface area contributed by atoms with Crippen molar-refractivity contribution in [3.8, 4) is 0 Å². The molecule has 0 aromatic carbocycles. The Hall–Kier alpha value is -0.120. The fraction of sp³-hybridized carbons (Fsp3) is 1.00. The molecule has 0 amide bonds. The Labute approximate surface area is 119 Å². The summed E-state index contributed by atoms with van der Waals surface area (Å²) in [5, 5.41) is 3.52. The van der Waals surface area contributed by atoms with Gasteiger partial charge in [0.1, 0.15) is 0 Å². The predicted molar refractivity (Wildman–Crippen MR) is 80.5 cm³/mol. The second kappa shape index (κ2) is 7.61. The summed E-state index contributed by atoms with van der Waals surface area (Å²) in [5.74, 6) is 0. The van der Waals surface area contributed by atoms with Crippen LogP contribution < -0.4 is 5.32 Å². The number of hydrogen-bond donors (Lipinski definition) is 1. The minimum Gasteiger partial charge on any atom is -0.378 e. The van der Waals surface area contributed by atoms with Crippen LogP contribution in [-0.4, -0.2) is 50.3 Å². The van der Waals surface area contributed by atoms with Gasteiger partial charge in [-0.05, 0) is 57.5 Å². The highest BCUT2D eigenvalue weighted by atomic mass is 16.5. The second-order valence-electron chi connectivity index (χ2n) is 6.43. The van der Waals surface area contributed by atoms with Crippen LogP contribution in [0, 0.1) is 5.41 Å². The summed E-state index contributed by atoms with van der Waals surface area (Å²) in [6.45, 7) is 11.6. The summed E-state index contributed by atoms with van der Waals surface area (Å²) in [4.78, 5) is 2.70. The molecule has 3 nitrogen and oxygen atoms in total. The molecule has 0 radical (unpaired) electrons. The summed E-state index contributed by atoms with van der Waals surface area (Å²) in [6.07, 6.45) is 8.45. The third-order valence-corrected chi connectivity index (χ3v) is 4.94. The zero-order valence-corrected chi connectivity index (χ0v) is 12.9. The van der Waals surface area contributed by atoms with Crippen molar-refractivity contribution < 1.29 is 4.74 Å². The van der Waals surface area contributed by atoms with Crippen LogP contribution in [0.4, 0.5) is 0 Å². The van der Waals surface area contributed by atoms with Gasteiger partial charge in [-0.2, -0.15) is 0 Å². The van der Waals surface area contributed by atoms with E-state index in [0.717, 1.165) is 6.61 Å². The number of nitrogens with one attached hydrogen (secondary N) is 1. The fourth-order valence-corrected chi connectivity index (χ4v) is 3.92. The standard InChI is InChI=1S/C16H32N2O/c1-3-7-16(8-10-17-11-9-16)14-18-12-5-15(6-13-18)19-4-2/h15,17H,3-14H2,1-2H3. The highest BCUT2D eigenvalue weighted by Crippen LogP contribution is 2.35. The molecule has 2 heterocycles. The molecule has 0 aromatic heterocycles. The number of likely N-dealkylation sites (tertiary alicyclic amines) is 1. The highest BCUT2D eigenvalue weighted by Gasteiger charge is 2.34. The number of ether oxygens (including phenoxy) is 1. The molecule has 19 heavy (non-hydrogen) atoms. The summed E-state index contributed by atoms with van der Waals surface area (Å²) in [5.41, 5.74) is 0.596. The van der Waals surface area contributed by atoms with Gasteiger partial charge >= 0.3 is 0 Å². The maximum atomic E-state index is 5.76. The number of piperidine rings is 2. The second-order valence-corrected chi connectivity index (χ2v) is 6.43. The van der Waals surface area contributed by atoms with Crippen LogP contribution in [-0.2, 0) is 4.74 Å². The van der Waals surface area contributed by atoms with Crippen molar-refractivity contribution in [2.24, 2.45) is 5.41 Å². The molecule has 0 aliphatic carbocycles. The maximum Gasteiger partial charge on any atom is 0.0599 e. The minimum absolute atomic E-state index is 0.524. The van der Waals surface area contributed by atoms with Gasteiger partial charge in [-0.1, -0.05) is 13.3 Å². The van der Waals surface area contributed by atoms with Gasteiger partial charge in [0.25, 0.3) is 0 Å². The molecule has 112 valence electrons. The van der Waals surface area contributed by atoms with E-state index in [1.165, 1.54) is 71.2 Å². The first-order valence-electron chi connectivity index (χ1n) is 8.33. The summed E-state index contributed by atoms with van der Waals surface area (Å²) >= 11 is 0. The molecule has 2 saturated heterocycles. The average Bonchev–Trinajstić information content (AvgIpc) is 2.43. The van der Waals surface area contributed by atoms with E-state index in [2.05, 4.69) is 24.1 Å². The molecule has 0 unspecified atom stereocenters. The number of rotatable bonds is 6. The van der Waals surface area contributed by atoms with E-state index in [4.69, 9.17) is 4.74 Å². The summed E-state index contributed by atoms with van der Waals surface area (Å²) in [6, 6.07) is 0. The van der Waals surface area contributed by atoms with Crippen molar-refractivity contribution in [3.63, 3.8) is 0 Å². The molecular weight excluding hydrogens is 236 g/mol. The van der Waals surface area contributed by atoms with Gasteiger partial charge in [-0.3, -0.25) is 0 Å². The van der Waals surface area contributed by atoms with Gasteiger partial charge in [0, 0.05) is 26.2 Å².